The van der Waals surface area contributed by atoms with Crippen molar-refractivity contribution in [2.24, 2.45) is 4.99 Å². The van der Waals surface area contributed by atoms with E-state index in [4.69, 9.17) is 9.47 Å². The number of guanidine groups is 1. The summed E-state index contributed by atoms with van der Waals surface area (Å²) in [5.74, 6) is 1.69. The molecule has 1 aliphatic heterocycles. The number of aliphatic imine (C=N–C) groups is 1. The molecular weight excluding hydrogens is 304 g/mol. The SMILES string of the molecule is CN=C(NCc1ccc(OC)cc1)NCC1(N(C)C)CCOCC1. The predicted octanol–water partition coefficient (Wildman–Crippen LogP) is 1.47. The lowest BCUT2D eigenvalue weighted by Crippen LogP contribution is -2.57. The number of nitrogens with zero attached hydrogens (tertiary/aromatic N) is 2. The van der Waals surface area contributed by atoms with Crippen LogP contribution in [0.15, 0.2) is 29.3 Å². The molecule has 0 spiro atoms. The van der Waals surface area contributed by atoms with Crippen LogP contribution in [-0.2, 0) is 11.3 Å². The molecule has 24 heavy (non-hydrogen) atoms. The highest BCUT2D eigenvalue weighted by molar-refractivity contribution is 5.79. The van der Waals surface area contributed by atoms with Crippen LogP contribution in [-0.4, -0.2) is 64.4 Å². The Labute approximate surface area is 145 Å². The number of ether oxygens (including phenoxy) is 2. The summed E-state index contributed by atoms with van der Waals surface area (Å²) in [6.45, 7) is 3.21. The molecule has 1 aromatic rings. The van der Waals surface area contributed by atoms with Crippen LogP contribution >= 0.6 is 0 Å². The Bertz CT molecular complexity index is 522. The second-order valence-electron chi connectivity index (χ2n) is 6.36. The van der Waals surface area contributed by atoms with Crippen LogP contribution in [0.5, 0.6) is 5.75 Å². The minimum absolute atomic E-state index is 0.121. The number of hydrogen-bond acceptors (Lipinski definition) is 4. The normalized spacial score (nSPS) is 17.6. The average molecular weight is 334 g/mol. The molecule has 6 nitrogen and oxygen atoms in total. The van der Waals surface area contributed by atoms with Gasteiger partial charge >= 0.3 is 0 Å². The minimum Gasteiger partial charge on any atom is -0.497 e. The Hall–Kier alpha value is -1.79. The molecule has 134 valence electrons. The lowest BCUT2D eigenvalue weighted by molar-refractivity contribution is -0.00501. The summed E-state index contributed by atoms with van der Waals surface area (Å²) in [5.41, 5.74) is 1.31. The summed E-state index contributed by atoms with van der Waals surface area (Å²) in [6.07, 6.45) is 2.06. The summed E-state index contributed by atoms with van der Waals surface area (Å²) in [4.78, 5) is 6.64. The van der Waals surface area contributed by atoms with E-state index in [1.807, 2.05) is 12.1 Å². The molecule has 0 saturated carbocycles. The second kappa shape index (κ2) is 8.89. The van der Waals surface area contributed by atoms with Gasteiger partial charge in [0.25, 0.3) is 0 Å². The molecule has 6 heteroatoms. The highest BCUT2D eigenvalue weighted by Gasteiger charge is 2.34. The summed E-state index contributed by atoms with van der Waals surface area (Å²) in [6, 6.07) is 8.05. The Kier molecular flexibility index (Phi) is 6.87. The number of hydrogen-bond donors (Lipinski definition) is 2. The van der Waals surface area contributed by atoms with Crippen molar-refractivity contribution < 1.29 is 9.47 Å². The van der Waals surface area contributed by atoms with E-state index in [0.29, 0.717) is 0 Å². The summed E-state index contributed by atoms with van der Waals surface area (Å²) < 4.78 is 10.7. The van der Waals surface area contributed by atoms with Crippen LogP contribution in [0.25, 0.3) is 0 Å². The fourth-order valence-corrected chi connectivity index (χ4v) is 2.93. The van der Waals surface area contributed by atoms with Gasteiger partial charge < -0.3 is 25.0 Å². The van der Waals surface area contributed by atoms with Gasteiger partial charge in [-0.1, -0.05) is 12.1 Å². The molecule has 0 aromatic heterocycles. The van der Waals surface area contributed by atoms with Crippen LogP contribution in [0.2, 0.25) is 0 Å². The van der Waals surface area contributed by atoms with Gasteiger partial charge in [-0.2, -0.15) is 0 Å². The van der Waals surface area contributed by atoms with E-state index in [2.05, 4.69) is 46.8 Å². The minimum atomic E-state index is 0.121. The van der Waals surface area contributed by atoms with E-state index in [0.717, 1.165) is 50.9 Å². The Morgan fingerprint density at radius 3 is 2.42 bits per heavy atom. The first-order chi connectivity index (χ1) is 11.6. The van der Waals surface area contributed by atoms with Crippen molar-refractivity contribution in [1.29, 1.82) is 0 Å². The lowest BCUT2D eigenvalue weighted by Gasteiger charge is -2.43. The van der Waals surface area contributed by atoms with Gasteiger partial charge in [0.05, 0.1) is 7.11 Å². The summed E-state index contributed by atoms with van der Waals surface area (Å²) in [5, 5.41) is 6.84. The zero-order chi connectivity index (χ0) is 17.4. The molecule has 0 bridgehead atoms. The average Bonchev–Trinajstić information content (AvgIpc) is 2.63. The van der Waals surface area contributed by atoms with Crippen LogP contribution in [0, 0.1) is 0 Å². The molecule has 0 radical (unpaired) electrons. The van der Waals surface area contributed by atoms with Gasteiger partial charge in [-0.05, 0) is 44.6 Å². The third-order valence-corrected chi connectivity index (χ3v) is 4.80. The number of benzene rings is 1. The first-order valence-electron chi connectivity index (χ1n) is 8.42. The molecule has 1 fully saturated rings. The van der Waals surface area contributed by atoms with Gasteiger partial charge in [0.2, 0.25) is 0 Å². The van der Waals surface area contributed by atoms with E-state index in [1.165, 1.54) is 5.56 Å². The zero-order valence-electron chi connectivity index (χ0n) is 15.3. The first-order valence-corrected chi connectivity index (χ1v) is 8.42. The van der Waals surface area contributed by atoms with Crippen molar-refractivity contribution in [3.05, 3.63) is 29.8 Å². The Balaban J connectivity index is 1.87. The van der Waals surface area contributed by atoms with Crippen LogP contribution < -0.4 is 15.4 Å². The van der Waals surface area contributed by atoms with Crippen LogP contribution in [0.1, 0.15) is 18.4 Å². The smallest absolute Gasteiger partial charge is 0.191 e. The summed E-state index contributed by atoms with van der Waals surface area (Å²) in [7, 11) is 7.76. The monoisotopic (exact) mass is 334 g/mol. The van der Waals surface area contributed by atoms with E-state index >= 15 is 0 Å². The van der Waals surface area contributed by atoms with Gasteiger partial charge in [-0.25, -0.2) is 0 Å². The number of rotatable bonds is 6. The van der Waals surface area contributed by atoms with Crippen molar-refractivity contribution >= 4 is 5.96 Å². The second-order valence-corrected chi connectivity index (χ2v) is 6.36. The zero-order valence-corrected chi connectivity index (χ0v) is 15.3. The van der Waals surface area contributed by atoms with Gasteiger partial charge in [0.15, 0.2) is 5.96 Å². The van der Waals surface area contributed by atoms with Gasteiger partial charge in [0.1, 0.15) is 5.75 Å². The maximum absolute atomic E-state index is 5.52. The van der Waals surface area contributed by atoms with E-state index in [1.54, 1.807) is 14.2 Å². The van der Waals surface area contributed by atoms with Crippen LogP contribution in [0.3, 0.4) is 0 Å². The topological polar surface area (TPSA) is 58.1 Å². The van der Waals surface area contributed by atoms with E-state index in [-0.39, 0.29) is 5.54 Å². The number of nitrogens with one attached hydrogen (secondary N) is 2. The van der Waals surface area contributed by atoms with Crippen molar-refractivity contribution in [2.75, 3.05) is 48.0 Å². The van der Waals surface area contributed by atoms with Crippen molar-refractivity contribution in [2.45, 2.75) is 24.9 Å². The maximum atomic E-state index is 5.52. The lowest BCUT2D eigenvalue weighted by atomic mass is 9.88. The highest BCUT2D eigenvalue weighted by Crippen LogP contribution is 2.25. The van der Waals surface area contributed by atoms with E-state index < -0.39 is 0 Å². The van der Waals surface area contributed by atoms with Crippen molar-refractivity contribution in [3.8, 4) is 5.75 Å². The predicted molar refractivity (Wildman–Crippen MR) is 97.7 cm³/mol. The molecule has 2 N–H and O–H groups in total. The molecule has 0 unspecified atom stereocenters. The summed E-state index contributed by atoms with van der Waals surface area (Å²) >= 11 is 0. The number of methoxy groups -OCH3 is 1. The molecule has 0 aliphatic carbocycles. The quantitative estimate of drug-likeness (QED) is 0.609. The Morgan fingerprint density at radius 2 is 1.88 bits per heavy atom. The maximum Gasteiger partial charge on any atom is 0.191 e. The molecule has 2 rings (SSSR count). The van der Waals surface area contributed by atoms with E-state index in [9.17, 15) is 0 Å². The third kappa shape index (κ3) is 4.85. The first kappa shape index (κ1) is 18.5. The Morgan fingerprint density at radius 1 is 1.21 bits per heavy atom. The molecule has 0 amide bonds. The fraction of sp³-hybridized carbons (Fsp3) is 0.611. The van der Waals surface area contributed by atoms with Gasteiger partial charge in [0, 0.05) is 38.9 Å². The van der Waals surface area contributed by atoms with Crippen LogP contribution in [0.4, 0.5) is 0 Å². The van der Waals surface area contributed by atoms with Crippen molar-refractivity contribution in [1.82, 2.24) is 15.5 Å². The van der Waals surface area contributed by atoms with Crippen molar-refractivity contribution in [3.63, 3.8) is 0 Å². The molecule has 1 saturated heterocycles. The molecule has 1 heterocycles. The van der Waals surface area contributed by atoms with Gasteiger partial charge in [-0.15, -0.1) is 0 Å². The molecular formula is C18H30N4O2. The fourth-order valence-electron chi connectivity index (χ4n) is 2.93. The number of likely N-dealkylation sites (N-methyl/N-ethyl adjacent to an activating group) is 1. The molecule has 0 atom stereocenters. The molecule has 1 aromatic carbocycles. The third-order valence-electron chi connectivity index (χ3n) is 4.80. The largest absolute Gasteiger partial charge is 0.497 e. The standard InChI is InChI=1S/C18H30N4O2/c1-19-17(20-13-15-5-7-16(23-4)8-6-15)21-14-18(22(2)3)9-11-24-12-10-18/h5-8H,9-14H2,1-4H3,(H2,19,20,21). The highest BCUT2D eigenvalue weighted by atomic mass is 16.5. The molecule has 1 aliphatic rings. The van der Waals surface area contributed by atoms with Gasteiger partial charge in [-0.3, -0.25) is 4.99 Å².